The molecule has 0 aliphatic carbocycles. The Bertz CT molecular complexity index is 934. The van der Waals surface area contributed by atoms with Crippen molar-refractivity contribution < 1.29 is 39.5 Å². The average molecular weight is 665 g/mol. The van der Waals surface area contributed by atoms with Crippen LogP contribution in [0.25, 0.3) is 0 Å². The fourth-order valence-corrected chi connectivity index (χ4v) is 5.94. The van der Waals surface area contributed by atoms with E-state index in [1.54, 1.807) is 0 Å². The van der Waals surface area contributed by atoms with Gasteiger partial charge in [-0.1, -0.05) is 127 Å². The molecule has 1 saturated heterocycles. The summed E-state index contributed by atoms with van der Waals surface area (Å²) in [6, 6.07) is 9.36. The van der Waals surface area contributed by atoms with Gasteiger partial charge in [-0.3, -0.25) is 9.59 Å². The zero-order valence-corrected chi connectivity index (χ0v) is 28.8. The van der Waals surface area contributed by atoms with Crippen LogP contribution in [-0.4, -0.2) is 88.7 Å². The van der Waals surface area contributed by atoms with Crippen LogP contribution >= 0.6 is 0 Å². The maximum absolute atomic E-state index is 13.1. The minimum Gasteiger partial charge on any atom is -0.394 e. The first-order valence-electron chi connectivity index (χ1n) is 18.4. The number of carbonyl (C=O) groups is 2. The van der Waals surface area contributed by atoms with Gasteiger partial charge >= 0.3 is 0 Å². The van der Waals surface area contributed by atoms with E-state index >= 15 is 0 Å². The first-order valence-corrected chi connectivity index (χ1v) is 18.4. The Morgan fingerprint density at radius 1 is 0.766 bits per heavy atom. The van der Waals surface area contributed by atoms with Gasteiger partial charge in [0.05, 0.1) is 13.2 Å². The molecule has 2 rings (SSSR count). The maximum Gasteiger partial charge on any atom is 0.244 e. The number of aryl methyl sites for hydroxylation is 1. The third kappa shape index (κ3) is 17.8. The Kier molecular flexibility index (Phi) is 22.6. The van der Waals surface area contributed by atoms with Gasteiger partial charge in [0.15, 0.2) is 6.29 Å². The summed E-state index contributed by atoms with van der Waals surface area (Å²) < 4.78 is 11.0. The summed E-state index contributed by atoms with van der Waals surface area (Å²) in [4.78, 5) is 25.9. The summed E-state index contributed by atoms with van der Waals surface area (Å²) in [7, 11) is 0. The largest absolute Gasteiger partial charge is 0.394 e. The molecule has 6 N–H and O–H groups in total. The molecule has 1 aromatic rings. The summed E-state index contributed by atoms with van der Waals surface area (Å²) in [6.07, 6.45) is 13.6. The van der Waals surface area contributed by atoms with E-state index in [-0.39, 0.29) is 18.9 Å². The topological polar surface area (TPSA) is 158 Å². The molecule has 0 saturated carbocycles. The lowest BCUT2D eigenvalue weighted by Crippen LogP contribution is -2.60. The number of nitrogens with one attached hydrogen (secondary N) is 2. The molecule has 47 heavy (non-hydrogen) atoms. The number of aliphatic hydroxyl groups excluding tert-OH is 4. The molecule has 0 radical (unpaired) electrons. The molecular weight excluding hydrogens is 600 g/mol. The summed E-state index contributed by atoms with van der Waals surface area (Å²) in [5, 5.41) is 45.6. The second kappa shape index (κ2) is 25.9. The predicted octanol–water partition coefficient (Wildman–Crippen LogP) is 4.69. The second-order valence-electron chi connectivity index (χ2n) is 13.1. The van der Waals surface area contributed by atoms with Crippen molar-refractivity contribution in [3.63, 3.8) is 0 Å². The van der Waals surface area contributed by atoms with E-state index in [0.29, 0.717) is 13.0 Å². The van der Waals surface area contributed by atoms with Crippen molar-refractivity contribution in [2.75, 3.05) is 19.8 Å². The highest BCUT2D eigenvalue weighted by Crippen LogP contribution is 2.22. The molecule has 0 bridgehead atoms. The quantitative estimate of drug-likeness (QED) is 0.0740. The Labute approximate surface area is 283 Å². The number of rotatable bonds is 27. The maximum atomic E-state index is 13.1. The van der Waals surface area contributed by atoms with Crippen LogP contribution in [0.3, 0.4) is 0 Å². The molecule has 1 aromatic carbocycles. The van der Waals surface area contributed by atoms with Crippen molar-refractivity contribution in [2.45, 2.75) is 166 Å². The third-order valence-electron chi connectivity index (χ3n) is 8.97. The molecule has 10 heteroatoms. The van der Waals surface area contributed by atoms with Crippen LogP contribution in [0.4, 0.5) is 0 Å². The molecule has 270 valence electrons. The van der Waals surface area contributed by atoms with Crippen molar-refractivity contribution in [2.24, 2.45) is 0 Å². The van der Waals surface area contributed by atoms with Gasteiger partial charge in [0.1, 0.15) is 30.5 Å². The lowest BCUT2D eigenvalue weighted by atomic mass is 9.99. The van der Waals surface area contributed by atoms with Crippen molar-refractivity contribution >= 4 is 11.8 Å². The summed E-state index contributed by atoms with van der Waals surface area (Å²) in [5.74, 6) is -0.663. The Morgan fingerprint density at radius 2 is 1.34 bits per heavy atom. The van der Waals surface area contributed by atoms with Gasteiger partial charge < -0.3 is 40.5 Å². The SMILES string of the molecule is CCCCCCCCCCCCCCNC(=O)[C@H](CO[C@H]1O[C@H](CO)[C@H](O)[C@H](O)[C@H]1O)NC(=O)CCCCCCCc1ccccc1. The van der Waals surface area contributed by atoms with Gasteiger partial charge in [-0.05, 0) is 31.2 Å². The smallest absolute Gasteiger partial charge is 0.244 e. The van der Waals surface area contributed by atoms with Gasteiger partial charge in [-0.15, -0.1) is 0 Å². The van der Waals surface area contributed by atoms with Crippen molar-refractivity contribution in [1.82, 2.24) is 10.6 Å². The molecule has 1 aliphatic rings. The first kappa shape index (κ1) is 41.1. The van der Waals surface area contributed by atoms with Crippen LogP contribution in [0.5, 0.6) is 0 Å². The minimum atomic E-state index is -1.59. The van der Waals surface area contributed by atoms with Gasteiger partial charge in [0, 0.05) is 13.0 Å². The molecular formula is C37H64N2O8. The molecule has 0 unspecified atom stereocenters. The van der Waals surface area contributed by atoms with E-state index in [9.17, 15) is 30.0 Å². The molecule has 6 atom stereocenters. The van der Waals surface area contributed by atoms with Crippen molar-refractivity contribution in [3.8, 4) is 0 Å². The van der Waals surface area contributed by atoms with Crippen LogP contribution in [-0.2, 0) is 25.5 Å². The van der Waals surface area contributed by atoms with Crippen molar-refractivity contribution in [3.05, 3.63) is 35.9 Å². The molecule has 10 nitrogen and oxygen atoms in total. The Morgan fingerprint density at radius 3 is 1.96 bits per heavy atom. The zero-order valence-electron chi connectivity index (χ0n) is 28.8. The highest BCUT2D eigenvalue weighted by Gasteiger charge is 2.44. The van der Waals surface area contributed by atoms with Gasteiger partial charge in [0.2, 0.25) is 11.8 Å². The van der Waals surface area contributed by atoms with Gasteiger partial charge in [-0.2, -0.15) is 0 Å². The zero-order chi connectivity index (χ0) is 34.1. The molecule has 1 fully saturated rings. The number of carbonyl (C=O) groups excluding carboxylic acids is 2. The standard InChI is InChI=1S/C37H64N2O8/c1-2-3-4-5-6-7-8-9-10-11-15-21-26-38-36(45)30(28-46-37-35(44)34(43)33(42)31(27-40)47-37)39-32(41)25-20-14-12-13-17-22-29-23-18-16-19-24-29/h16,18-19,23-24,30-31,33-35,37,40,42-44H,2-15,17,20-22,25-28H2,1H3,(H,38,45)(H,39,41)/t30-,31+,33-,34-,35+,37-/m0/s1. The number of hydrogen-bond donors (Lipinski definition) is 6. The van der Waals surface area contributed by atoms with Crippen LogP contribution in [0, 0.1) is 0 Å². The van der Waals surface area contributed by atoms with E-state index in [1.165, 1.54) is 63.4 Å². The minimum absolute atomic E-state index is 0.266. The third-order valence-corrected chi connectivity index (χ3v) is 8.97. The number of aliphatic hydroxyl groups is 4. The predicted molar refractivity (Wildman–Crippen MR) is 184 cm³/mol. The molecule has 0 spiro atoms. The monoisotopic (exact) mass is 664 g/mol. The number of unbranched alkanes of at least 4 members (excludes halogenated alkanes) is 15. The highest BCUT2D eigenvalue weighted by molar-refractivity contribution is 5.87. The Hall–Kier alpha value is -2.08. The van der Waals surface area contributed by atoms with E-state index in [2.05, 4.69) is 41.8 Å². The fourth-order valence-electron chi connectivity index (χ4n) is 5.94. The van der Waals surface area contributed by atoms with Crippen LogP contribution in [0.15, 0.2) is 30.3 Å². The van der Waals surface area contributed by atoms with Gasteiger partial charge in [-0.25, -0.2) is 0 Å². The van der Waals surface area contributed by atoms with Crippen LogP contribution < -0.4 is 10.6 Å². The van der Waals surface area contributed by atoms with E-state index in [1.807, 2.05) is 6.07 Å². The summed E-state index contributed by atoms with van der Waals surface area (Å²) in [5.41, 5.74) is 1.33. The number of ether oxygens (including phenoxy) is 2. The average Bonchev–Trinajstić information content (AvgIpc) is 3.08. The van der Waals surface area contributed by atoms with Gasteiger partial charge in [0.25, 0.3) is 0 Å². The summed E-state index contributed by atoms with van der Waals surface area (Å²) in [6.45, 7) is 1.82. The molecule has 1 heterocycles. The second-order valence-corrected chi connectivity index (χ2v) is 13.1. The molecule has 1 aliphatic heterocycles. The van der Waals surface area contributed by atoms with Crippen LogP contribution in [0.1, 0.15) is 128 Å². The number of amides is 2. The van der Waals surface area contributed by atoms with E-state index in [0.717, 1.165) is 51.4 Å². The van der Waals surface area contributed by atoms with E-state index in [4.69, 9.17) is 9.47 Å². The lowest BCUT2D eigenvalue weighted by molar-refractivity contribution is -0.301. The number of benzene rings is 1. The number of hydrogen-bond acceptors (Lipinski definition) is 8. The summed E-state index contributed by atoms with van der Waals surface area (Å²) >= 11 is 0. The Balaban J connectivity index is 1.72. The highest BCUT2D eigenvalue weighted by atomic mass is 16.7. The molecule has 0 aromatic heterocycles. The normalized spacial score (nSPS) is 21.8. The van der Waals surface area contributed by atoms with E-state index < -0.39 is 49.3 Å². The first-order chi connectivity index (χ1) is 22.9. The lowest BCUT2D eigenvalue weighted by Gasteiger charge is -2.39. The van der Waals surface area contributed by atoms with Crippen molar-refractivity contribution in [1.29, 1.82) is 0 Å². The fraction of sp³-hybridized carbons (Fsp3) is 0.784. The van der Waals surface area contributed by atoms with Crippen LogP contribution in [0.2, 0.25) is 0 Å². The molecule has 2 amide bonds.